The van der Waals surface area contributed by atoms with E-state index in [0.29, 0.717) is 5.69 Å². The van der Waals surface area contributed by atoms with Gasteiger partial charge in [0.05, 0.1) is 18.1 Å². The minimum atomic E-state index is -1.05. The summed E-state index contributed by atoms with van der Waals surface area (Å²) in [5.74, 6) is -2.45. The van der Waals surface area contributed by atoms with Crippen molar-refractivity contribution in [3.63, 3.8) is 0 Å². The van der Waals surface area contributed by atoms with Gasteiger partial charge in [-0.25, -0.2) is 4.39 Å². The van der Waals surface area contributed by atoms with E-state index < -0.39 is 23.8 Å². The second-order valence-electron chi connectivity index (χ2n) is 5.05. The zero-order valence-electron chi connectivity index (χ0n) is 10.8. The number of benzene rings is 1. The standard InChI is InChI=1S/C14H18FNO3/c1-8(14(18)19)10-6-5-9(7-11(10)15)16-12-3-2-4-13(12)17/h5-8,12-13,16-17H,2-4H2,1H3,(H,18,19)/t8?,12-,13-/m0/s1. The Morgan fingerprint density at radius 3 is 2.74 bits per heavy atom. The van der Waals surface area contributed by atoms with Crippen LogP contribution >= 0.6 is 0 Å². The molecular weight excluding hydrogens is 249 g/mol. The van der Waals surface area contributed by atoms with E-state index in [2.05, 4.69) is 5.32 Å². The van der Waals surface area contributed by atoms with Crippen LogP contribution in [0, 0.1) is 5.82 Å². The molecule has 0 bridgehead atoms. The van der Waals surface area contributed by atoms with Crippen molar-refractivity contribution in [2.45, 2.75) is 44.2 Å². The van der Waals surface area contributed by atoms with Crippen LogP contribution in [0.5, 0.6) is 0 Å². The van der Waals surface area contributed by atoms with Crippen molar-refractivity contribution in [1.29, 1.82) is 0 Å². The molecule has 0 radical (unpaired) electrons. The molecule has 1 aliphatic carbocycles. The summed E-state index contributed by atoms with van der Waals surface area (Å²) < 4.78 is 13.9. The van der Waals surface area contributed by atoms with E-state index >= 15 is 0 Å². The number of hydrogen-bond donors (Lipinski definition) is 3. The fourth-order valence-corrected chi connectivity index (χ4v) is 2.42. The van der Waals surface area contributed by atoms with E-state index in [1.165, 1.54) is 19.1 Å². The lowest BCUT2D eigenvalue weighted by Gasteiger charge is -2.18. The predicted octanol–water partition coefficient (Wildman–Crippen LogP) is 2.34. The number of anilines is 1. The van der Waals surface area contributed by atoms with Crippen LogP contribution in [0.15, 0.2) is 18.2 Å². The van der Waals surface area contributed by atoms with Crippen LogP contribution in [0.3, 0.4) is 0 Å². The van der Waals surface area contributed by atoms with Gasteiger partial charge in [0, 0.05) is 11.3 Å². The molecule has 19 heavy (non-hydrogen) atoms. The predicted molar refractivity (Wildman–Crippen MR) is 69.7 cm³/mol. The molecule has 104 valence electrons. The lowest BCUT2D eigenvalue weighted by molar-refractivity contribution is -0.138. The van der Waals surface area contributed by atoms with Crippen molar-refractivity contribution in [2.75, 3.05) is 5.32 Å². The molecule has 3 N–H and O–H groups in total. The van der Waals surface area contributed by atoms with E-state index in [9.17, 15) is 14.3 Å². The summed E-state index contributed by atoms with van der Waals surface area (Å²) in [6, 6.07) is 4.38. The quantitative estimate of drug-likeness (QED) is 0.783. The number of aliphatic hydroxyl groups excluding tert-OH is 1. The highest BCUT2D eigenvalue weighted by molar-refractivity contribution is 5.75. The first-order valence-corrected chi connectivity index (χ1v) is 6.46. The molecule has 1 aliphatic rings. The third-order valence-electron chi connectivity index (χ3n) is 3.67. The van der Waals surface area contributed by atoms with Gasteiger partial charge in [-0.2, -0.15) is 0 Å². The smallest absolute Gasteiger partial charge is 0.310 e. The Labute approximate surface area is 111 Å². The molecule has 0 aromatic heterocycles. The zero-order chi connectivity index (χ0) is 14.0. The van der Waals surface area contributed by atoms with Gasteiger partial charge < -0.3 is 15.5 Å². The highest BCUT2D eigenvalue weighted by Gasteiger charge is 2.25. The summed E-state index contributed by atoms with van der Waals surface area (Å²) in [5.41, 5.74) is 0.745. The van der Waals surface area contributed by atoms with Gasteiger partial charge in [0.25, 0.3) is 0 Å². The van der Waals surface area contributed by atoms with Gasteiger partial charge in [0.2, 0.25) is 0 Å². The van der Waals surface area contributed by atoms with Crippen molar-refractivity contribution < 1.29 is 19.4 Å². The molecule has 5 heteroatoms. The van der Waals surface area contributed by atoms with E-state index in [-0.39, 0.29) is 11.6 Å². The molecule has 0 amide bonds. The molecule has 1 aromatic rings. The Kier molecular flexibility index (Phi) is 4.04. The van der Waals surface area contributed by atoms with Crippen LogP contribution < -0.4 is 5.32 Å². The lowest BCUT2D eigenvalue weighted by Crippen LogP contribution is -2.27. The first-order chi connectivity index (χ1) is 8.99. The Balaban J connectivity index is 2.12. The van der Waals surface area contributed by atoms with Gasteiger partial charge in [-0.3, -0.25) is 4.79 Å². The summed E-state index contributed by atoms with van der Waals surface area (Å²) in [5, 5.41) is 21.7. The number of aliphatic carboxylic acids is 1. The molecule has 1 saturated carbocycles. The van der Waals surface area contributed by atoms with Crippen LogP contribution in [0.2, 0.25) is 0 Å². The summed E-state index contributed by atoms with van der Waals surface area (Å²) in [6.07, 6.45) is 2.17. The van der Waals surface area contributed by atoms with Crippen molar-refractivity contribution in [2.24, 2.45) is 0 Å². The maximum Gasteiger partial charge on any atom is 0.310 e. The molecule has 2 rings (SSSR count). The van der Waals surface area contributed by atoms with Crippen molar-refractivity contribution in [3.05, 3.63) is 29.6 Å². The maximum absolute atomic E-state index is 13.9. The second-order valence-corrected chi connectivity index (χ2v) is 5.05. The fourth-order valence-electron chi connectivity index (χ4n) is 2.42. The van der Waals surface area contributed by atoms with Gasteiger partial charge in [-0.1, -0.05) is 6.07 Å². The summed E-state index contributed by atoms with van der Waals surface area (Å²) in [4.78, 5) is 10.8. The lowest BCUT2D eigenvalue weighted by atomic mass is 10.0. The highest BCUT2D eigenvalue weighted by atomic mass is 19.1. The number of carboxylic acids is 1. The summed E-state index contributed by atoms with van der Waals surface area (Å²) in [6.45, 7) is 1.45. The summed E-state index contributed by atoms with van der Waals surface area (Å²) in [7, 11) is 0. The molecule has 0 spiro atoms. The molecule has 3 atom stereocenters. The third-order valence-corrected chi connectivity index (χ3v) is 3.67. The molecular formula is C14H18FNO3. The average molecular weight is 267 g/mol. The minimum absolute atomic E-state index is 0.0536. The number of aliphatic hydroxyl groups is 1. The van der Waals surface area contributed by atoms with Gasteiger partial charge in [0.15, 0.2) is 0 Å². The number of carbonyl (C=O) groups is 1. The van der Waals surface area contributed by atoms with E-state index in [1.54, 1.807) is 6.07 Å². The Morgan fingerprint density at radius 1 is 1.47 bits per heavy atom. The SMILES string of the molecule is CC(C(=O)O)c1ccc(N[C@H]2CCC[C@@H]2O)cc1F. The fraction of sp³-hybridized carbons (Fsp3) is 0.500. The first-order valence-electron chi connectivity index (χ1n) is 6.46. The van der Waals surface area contributed by atoms with Crippen molar-refractivity contribution in [3.8, 4) is 0 Å². The maximum atomic E-state index is 13.9. The van der Waals surface area contributed by atoms with Crippen LogP contribution in [0.25, 0.3) is 0 Å². The van der Waals surface area contributed by atoms with Gasteiger partial charge in [0.1, 0.15) is 5.82 Å². The molecule has 1 aromatic carbocycles. The molecule has 0 heterocycles. The van der Waals surface area contributed by atoms with Crippen molar-refractivity contribution >= 4 is 11.7 Å². The minimum Gasteiger partial charge on any atom is -0.481 e. The second kappa shape index (κ2) is 5.57. The topological polar surface area (TPSA) is 69.6 Å². The largest absolute Gasteiger partial charge is 0.481 e. The third kappa shape index (κ3) is 3.04. The molecule has 0 aliphatic heterocycles. The monoisotopic (exact) mass is 267 g/mol. The van der Waals surface area contributed by atoms with Crippen molar-refractivity contribution in [1.82, 2.24) is 0 Å². The number of rotatable bonds is 4. The molecule has 1 unspecified atom stereocenters. The van der Waals surface area contributed by atoms with Crippen LogP contribution in [0.4, 0.5) is 10.1 Å². The molecule has 1 fully saturated rings. The van der Waals surface area contributed by atoms with E-state index in [4.69, 9.17) is 5.11 Å². The van der Waals surface area contributed by atoms with Crippen LogP contribution in [-0.2, 0) is 4.79 Å². The number of carboxylic acid groups (broad SMARTS) is 1. The Morgan fingerprint density at radius 2 is 2.21 bits per heavy atom. The number of halogens is 1. The van der Waals surface area contributed by atoms with Gasteiger partial charge >= 0.3 is 5.97 Å². The first kappa shape index (κ1) is 13.8. The van der Waals surface area contributed by atoms with E-state index in [0.717, 1.165) is 19.3 Å². The number of nitrogens with one attached hydrogen (secondary N) is 1. The number of hydrogen-bond acceptors (Lipinski definition) is 3. The van der Waals surface area contributed by atoms with Crippen LogP contribution in [-0.4, -0.2) is 28.3 Å². The van der Waals surface area contributed by atoms with Crippen LogP contribution in [0.1, 0.15) is 37.7 Å². The summed E-state index contributed by atoms with van der Waals surface area (Å²) >= 11 is 0. The average Bonchev–Trinajstić information content (AvgIpc) is 2.74. The van der Waals surface area contributed by atoms with Gasteiger partial charge in [-0.15, -0.1) is 0 Å². The molecule has 0 saturated heterocycles. The van der Waals surface area contributed by atoms with E-state index in [1.807, 2.05) is 0 Å². The normalized spacial score (nSPS) is 24.2. The van der Waals surface area contributed by atoms with Gasteiger partial charge in [-0.05, 0) is 38.3 Å². The highest BCUT2D eigenvalue weighted by Crippen LogP contribution is 2.26. The molecule has 4 nitrogen and oxygen atoms in total. The Hall–Kier alpha value is -1.62. The zero-order valence-corrected chi connectivity index (χ0v) is 10.8. The Bertz CT molecular complexity index is 478.